The minimum Gasteiger partial charge on any atom is -0.387 e. The highest BCUT2D eigenvalue weighted by molar-refractivity contribution is 5.83. The van der Waals surface area contributed by atoms with Gasteiger partial charge in [-0.05, 0) is 38.0 Å². The maximum absolute atomic E-state index is 6.12. The highest BCUT2D eigenvalue weighted by atomic mass is 14.9. The van der Waals surface area contributed by atoms with Gasteiger partial charge in [0.15, 0.2) is 0 Å². The second-order valence-electron chi connectivity index (χ2n) is 5.46. The molecule has 0 aromatic heterocycles. The van der Waals surface area contributed by atoms with Gasteiger partial charge in [-0.1, -0.05) is 26.2 Å². The van der Waals surface area contributed by atoms with E-state index in [1.54, 1.807) is 0 Å². The van der Waals surface area contributed by atoms with Crippen LogP contribution in [0.15, 0.2) is 4.99 Å². The van der Waals surface area contributed by atoms with Crippen molar-refractivity contribution in [2.75, 3.05) is 0 Å². The van der Waals surface area contributed by atoms with E-state index in [-0.39, 0.29) is 0 Å². The van der Waals surface area contributed by atoms with Gasteiger partial charge < -0.3 is 5.73 Å². The summed E-state index contributed by atoms with van der Waals surface area (Å²) in [6, 6.07) is 0.543. The smallest absolute Gasteiger partial charge is 0.0971 e. The Labute approximate surface area is 93.3 Å². The molecule has 2 unspecified atom stereocenters. The van der Waals surface area contributed by atoms with Gasteiger partial charge in [-0.25, -0.2) is 0 Å². The van der Waals surface area contributed by atoms with Gasteiger partial charge in [0.2, 0.25) is 0 Å². The van der Waals surface area contributed by atoms with Crippen molar-refractivity contribution in [2.45, 2.75) is 64.3 Å². The Balaban J connectivity index is 1.88. The van der Waals surface area contributed by atoms with Crippen LogP contribution in [0.3, 0.4) is 0 Å². The van der Waals surface area contributed by atoms with Crippen LogP contribution >= 0.6 is 0 Å². The molecular weight excluding hydrogens is 184 g/mol. The molecule has 2 fully saturated rings. The average Bonchev–Trinajstić information content (AvgIpc) is 2.65. The van der Waals surface area contributed by atoms with Crippen molar-refractivity contribution >= 4 is 5.84 Å². The van der Waals surface area contributed by atoms with Gasteiger partial charge in [0, 0.05) is 5.92 Å². The SMILES string of the molecule is CC1CCC(N=C(N)C2CCCCC2)C1. The summed E-state index contributed by atoms with van der Waals surface area (Å²) in [5, 5.41) is 0. The monoisotopic (exact) mass is 208 g/mol. The molecule has 15 heavy (non-hydrogen) atoms. The first-order chi connectivity index (χ1) is 7.25. The Morgan fingerprint density at radius 2 is 1.80 bits per heavy atom. The number of nitrogens with zero attached hydrogens (tertiary/aromatic N) is 1. The molecule has 0 aromatic carbocycles. The Kier molecular flexibility index (Phi) is 3.66. The van der Waals surface area contributed by atoms with E-state index in [0.29, 0.717) is 12.0 Å². The summed E-state index contributed by atoms with van der Waals surface area (Å²) in [6.45, 7) is 2.33. The fraction of sp³-hybridized carbons (Fsp3) is 0.923. The van der Waals surface area contributed by atoms with Crippen molar-refractivity contribution in [2.24, 2.45) is 22.6 Å². The van der Waals surface area contributed by atoms with Crippen LogP contribution in [0.5, 0.6) is 0 Å². The molecule has 0 aliphatic heterocycles. The van der Waals surface area contributed by atoms with Crippen LogP contribution in [0.25, 0.3) is 0 Å². The number of amidine groups is 1. The second-order valence-corrected chi connectivity index (χ2v) is 5.46. The van der Waals surface area contributed by atoms with Crippen LogP contribution in [0, 0.1) is 11.8 Å². The first-order valence-electron chi connectivity index (χ1n) is 6.59. The Hall–Kier alpha value is -0.530. The molecule has 0 bridgehead atoms. The molecule has 2 rings (SSSR count). The molecule has 2 aliphatic rings. The molecule has 0 amide bonds. The van der Waals surface area contributed by atoms with Gasteiger partial charge in [0.1, 0.15) is 0 Å². The van der Waals surface area contributed by atoms with Crippen LogP contribution in [-0.2, 0) is 0 Å². The zero-order chi connectivity index (χ0) is 10.7. The molecule has 2 N–H and O–H groups in total. The Morgan fingerprint density at radius 3 is 2.40 bits per heavy atom. The van der Waals surface area contributed by atoms with Crippen LogP contribution < -0.4 is 5.73 Å². The number of hydrogen-bond donors (Lipinski definition) is 1. The van der Waals surface area contributed by atoms with Crippen LogP contribution in [0.1, 0.15) is 58.3 Å². The fourth-order valence-electron chi connectivity index (χ4n) is 3.01. The van der Waals surface area contributed by atoms with Gasteiger partial charge in [-0.15, -0.1) is 0 Å². The quantitative estimate of drug-likeness (QED) is 0.549. The summed E-state index contributed by atoms with van der Waals surface area (Å²) in [5.41, 5.74) is 6.12. The molecular formula is C13H24N2. The molecule has 2 aliphatic carbocycles. The summed E-state index contributed by atoms with van der Waals surface area (Å²) in [4.78, 5) is 4.74. The first kappa shape index (κ1) is 11.0. The third-order valence-electron chi connectivity index (χ3n) is 4.02. The van der Waals surface area contributed by atoms with Crippen LogP contribution in [0.2, 0.25) is 0 Å². The molecule has 2 nitrogen and oxygen atoms in total. The van der Waals surface area contributed by atoms with E-state index < -0.39 is 0 Å². The van der Waals surface area contributed by atoms with E-state index in [4.69, 9.17) is 10.7 Å². The normalized spacial score (nSPS) is 34.6. The highest BCUT2D eigenvalue weighted by Crippen LogP contribution is 2.29. The predicted octanol–water partition coefficient (Wildman–Crippen LogP) is 3.11. The number of aliphatic imine (C=N–C) groups is 1. The summed E-state index contributed by atoms with van der Waals surface area (Å²) in [5.74, 6) is 2.43. The molecule has 0 saturated heterocycles. The Morgan fingerprint density at radius 1 is 1.07 bits per heavy atom. The van der Waals surface area contributed by atoms with E-state index in [1.165, 1.54) is 51.4 Å². The maximum atomic E-state index is 6.12. The summed E-state index contributed by atoms with van der Waals surface area (Å²) in [7, 11) is 0. The van der Waals surface area contributed by atoms with Crippen molar-refractivity contribution in [1.29, 1.82) is 0 Å². The average molecular weight is 208 g/mol. The molecule has 0 radical (unpaired) electrons. The van der Waals surface area contributed by atoms with E-state index >= 15 is 0 Å². The number of nitrogens with two attached hydrogens (primary N) is 1. The van der Waals surface area contributed by atoms with E-state index in [0.717, 1.165) is 11.8 Å². The summed E-state index contributed by atoms with van der Waals surface area (Å²) in [6.07, 6.45) is 10.5. The molecule has 0 heterocycles. The number of hydrogen-bond acceptors (Lipinski definition) is 1. The van der Waals surface area contributed by atoms with Crippen LogP contribution in [-0.4, -0.2) is 11.9 Å². The van der Waals surface area contributed by atoms with Gasteiger partial charge in [0.25, 0.3) is 0 Å². The van der Waals surface area contributed by atoms with E-state index in [2.05, 4.69) is 6.92 Å². The standard InChI is InChI=1S/C13H24N2/c1-10-7-8-12(9-10)15-13(14)11-5-3-2-4-6-11/h10-12H,2-9H2,1H3,(H2,14,15). The summed E-state index contributed by atoms with van der Waals surface area (Å²) < 4.78 is 0. The third-order valence-corrected chi connectivity index (χ3v) is 4.02. The second kappa shape index (κ2) is 5.00. The lowest BCUT2D eigenvalue weighted by Crippen LogP contribution is -2.27. The third kappa shape index (κ3) is 2.96. The van der Waals surface area contributed by atoms with Gasteiger partial charge in [-0.2, -0.15) is 0 Å². The van der Waals surface area contributed by atoms with Crippen LogP contribution in [0.4, 0.5) is 0 Å². The molecule has 0 spiro atoms. The minimum atomic E-state index is 0.543. The van der Waals surface area contributed by atoms with Crippen molar-refractivity contribution in [3.63, 3.8) is 0 Å². The molecule has 2 saturated carbocycles. The van der Waals surface area contributed by atoms with Gasteiger partial charge >= 0.3 is 0 Å². The van der Waals surface area contributed by atoms with Crippen molar-refractivity contribution in [3.8, 4) is 0 Å². The molecule has 0 aromatic rings. The lowest BCUT2D eigenvalue weighted by Gasteiger charge is -2.21. The van der Waals surface area contributed by atoms with Crippen molar-refractivity contribution in [3.05, 3.63) is 0 Å². The van der Waals surface area contributed by atoms with Crippen molar-refractivity contribution < 1.29 is 0 Å². The fourth-order valence-corrected chi connectivity index (χ4v) is 3.01. The topological polar surface area (TPSA) is 38.4 Å². The van der Waals surface area contributed by atoms with E-state index in [9.17, 15) is 0 Å². The largest absolute Gasteiger partial charge is 0.387 e. The Bertz CT molecular complexity index is 229. The minimum absolute atomic E-state index is 0.543. The number of rotatable bonds is 2. The zero-order valence-corrected chi connectivity index (χ0v) is 9.91. The predicted molar refractivity (Wildman–Crippen MR) is 65.0 cm³/mol. The molecule has 86 valence electrons. The maximum Gasteiger partial charge on any atom is 0.0971 e. The van der Waals surface area contributed by atoms with Gasteiger partial charge in [-0.3, -0.25) is 4.99 Å². The first-order valence-corrected chi connectivity index (χ1v) is 6.59. The zero-order valence-electron chi connectivity index (χ0n) is 9.91. The lowest BCUT2D eigenvalue weighted by atomic mass is 9.88. The lowest BCUT2D eigenvalue weighted by molar-refractivity contribution is 0.434. The van der Waals surface area contributed by atoms with E-state index in [1.807, 2.05) is 0 Å². The molecule has 2 heteroatoms. The van der Waals surface area contributed by atoms with Crippen molar-refractivity contribution in [1.82, 2.24) is 0 Å². The molecule has 2 atom stereocenters. The van der Waals surface area contributed by atoms with Gasteiger partial charge in [0.05, 0.1) is 11.9 Å². The summed E-state index contributed by atoms with van der Waals surface area (Å²) >= 11 is 0. The highest BCUT2D eigenvalue weighted by Gasteiger charge is 2.23.